The Morgan fingerprint density at radius 3 is 2.80 bits per heavy atom. The molecule has 20 heavy (non-hydrogen) atoms. The van der Waals surface area contributed by atoms with Crippen LogP contribution in [0.5, 0.6) is 5.75 Å². The molecule has 1 N–H and O–H groups in total. The topological polar surface area (TPSA) is 56.1 Å². The third-order valence-corrected chi connectivity index (χ3v) is 2.96. The van der Waals surface area contributed by atoms with Crippen LogP contribution in [0.25, 0.3) is 0 Å². The van der Waals surface area contributed by atoms with Crippen LogP contribution in [-0.2, 0) is 11.3 Å². The third kappa shape index (κ3) is 3.85. The number of pyridine rings is 1. The molecule has 2 aromatic rings. The highest BCUT2D eigenvalue weighted by atomic mass is 16.5. The summed E-state index contributed by atoms with van der Waals surface area (Å²) in [5.74, 6) is 1.02. The number of aromatic nitrogens is 2. The van der Waals surface area contributed by atoms with Gasteiger partial charge in [-0.3, -0.25) is 4.79 Å². The Hall–Kier alpha value is -2.30. The van der Waals surface area contributed by atoms with Gasteiger partial charge >= 0.3 is 0 Å². The molecule has 2 rings (SSSR count). The first kappa shape index (κ1) is 14.1. The van der Waals surface area contributed by atoms with Crippen LogP contribution in [0.1, 0.15) is 18.5 Å². The van der Waals surface area contributed by atoms with Gasteiger partial charge in [0.05, 0.1) is 7.11 Å². The largest absolute Gasteiger partial charge is 0.493 e. The van der Waals surface area contributed by atoms with Crippen molar-refractivity contribution in [1.82, 2.24) is 9.55 Å². The Kier molecular flexibility index (Phi) is 4.76. The van der Waals surface area contributed by atoms with Crippen molar-refractivity contribution in [3.05, 3.63) is 42.4 Å². The Balaban J connectivity index is 1.86. The van der Waals surface area contributed by atoms with Crippen molar-refractivity contribution in [3.63, 3.8) is 0 Å². The maximum atomic E-state index is 11.9. The lowest BCUT2D eigenvalue weighted by atomic mass is 10.3. The molecule has 0 saturated heterocycles. The van der Waals surface area contributed by atoms with Gasteiger partial charge in [-0.05, 0) is 37.6 Å². The number of nitrogens with one attached hydrogen (secondary N) is 1. The molecule has 2 aromatic heterocycles. The lowest BCUT2D eigenvalue weighted by Crippen LogP contribution is -2.14. The molecule has 0 fully saturated rings. The number of carbonyl (C=O) groups excluding carboxylic acids is 1. The van der Waals surface area contributed by atoms with E-state index in [1.807, 2.05) is 37.5 Å². The number of nitrogens with zero attached hydrogens (tertiary/aromatic N) is 2. The first-order chi connectivity index (χ1) is 9.69. The van der Waals surface area contributed by atoms with E-state index in [2.05, 4.69) is 14.9 Å². The molecule has 0 bridgehead atoms. The molecular weight excluding hydrogens is 254 g/mol. The van der Waals surface area contributed by atoms with Crippen LogP contribution in [0.15, 0.2) is 36.7 Å². The molecule has 106 valence electrons. The van der Waals surface area contributed by atoms with Gasteiger partial charge in [0.2, 0.25) is 5.91 Å². The summed E-state index contributed by atoms with van der Waals surface area (Å²) in [5, 5.41) is 2.80. The molecule has 5 nitrogen and oxygen atoms in total. The lowest BCUT2D eigenvalue weighted by molar-refractivity contribution is -0.116. The standard InChI is InChI=1S/C15H19N3O2/c1-12-7-8-13(20-2)15(16-12)17-14(19)6-5-11-18-9-3-4-10-18/h3-4,7-10H,5-6,11H2,1-2H3,(H,16,17,19). The average molecular weight is 273 g/mol. The summed E-state index contributed by atoms with van der Waals surface area (Å²) >= 11 is 0. The van der Waals surface area contributed by atoms with Gasteiger partial charge in [-0.2, -0.15) is 0 Å². The summed E-state index contributed by atoms with van der Waals surface area (Å²) in [6, 6.07) is 7.60. The van der Waals surface area contributed by atoms with Crippen LogP contribution in [0.2, 0.25) is 0 Å². The van der Waals surface area contributed by atoms with Crippen molar-refractivity contribution in [2.45, 2.75) is 26.3 Å². The van der Waals surface area contributed by atoms with Gasteiger partial charge in [0, 0.05) is 31.1 Å². The molecule has 5 heteroatoms. The third-order valence-electron chi connectivity index (χ3n) is 2.96. The normalized spacial score (nSPS) is 10.3. The van der Waals surface area contributed by atoms with Crippen molar-refractivity contribution in [3.8, 4) is 5.75 Å². The van der Waals surface area contributed by atoms with E-state index in [1.54, 1.807) is 13.2 Å². The molecule has 0 radical (unpaired) electrons. The number of hydrogen-bond donors (Lipinski definition) is 1. The van der Waals surface area contributed by atoms with Gasteiger partial charge in [-0.25, -0.2) is 4.98 Å². The van der Waals surface area contributed by atoms with Gasteiger partial charge in [-0.1, -0.05) is 0 Å². The summed E-state index contributed by atoms with van der Waals surface area (Å²) in [7, 11) is 1.56. The molecule has 0 spiro atoms. The molecule has 0 aliphatic heterocycles. The number of rotatable bonds is 6. The first-order valence-corrected chi connectivity index (χ1v) is 6.61. The fourth-order valence-corrected chi connectivity index (χ4v) is 1.93. The molecular formula is C15H19N3O2. The van der Waals surface area contributed by atoms with Crippen LogP contribution < -0.4 is 10.1 Å². The number of ether oxygens (including phenoxy) is 1. The minimum atomic E-state index is -0.0476. The van der Waals surface area contributed by atoms with Crippen LogP contribution in [0.3, 0.4) is 0 Å². The van der Waals surface area contributed by atoms with Gasteiger partial charge in [0.25, 0.3) is 0 Å². The molecule has 2 heterocycles. The van der Waals surface area contributed by atoms with Crippen molar-refractivity contribution in [2.75, 3.05) is 12.4 Å². The average Bonchev–Trinajstić information content (AvgIpc) is 2.92. The van der Waals surface area contributed by atoms with Crippen LogP contribution >= 0.6 is 0 Å². The Morgan fingerprint density at radius 1 is 1.35 bits per heavy atom. The smallest absolute Gasteiger partial charge is 0.225 e. The van der Waals surface area contributed by atoms with Crippen LogP contribution in [-0.4, -0.2) is 22.6 Å². The predicted molar refractivity (Wildman–Crippen MR) is 77.8 cm³/mol. The molecule has 0 aromatic carbocycles. The lowest BCUT2D eigenvalue weighted by Gasteiger charge is -2.10. The van der Waals surface area contributed by atoms with E-state index in [1.165, 1.54) is 0 Å². The minimum absolute atomic E-state index is 0.0476. The highest BCUT2D eigenvalue weighted by molar-refractivity contribution is 5.91. The Bertz CT molecular complexity index is 565. The number of amides is 1. The Labute approximate surface area is 118 Å². The number of anilines is 1. The van der Waals surface area contributed by atoms with Gasteiger partial charge in [0.15, 0.2) is 11.6 Å². The molecule has 0 saturated carbocycles. The van der Waals surface area contributed by atoms with E-state index in [0.717, 1.165) is 18.7 Å². The highest BCUT2D eigenvalue weighted by Crippen LogP contribution is 2.21. The summed E-state index contributed by atoms with van der Waals surface area (Å²) in [4.78, 5) is 16.2. The van der Waals surface area contributed by atoms with Crippen LogP contribution in [0.4, 0.5) is 5.82 Å². The number of carbonyl (C=O) groups is 1. The first-order valence-electron chi connectivity index (χ1n) is 6.61. The van der Waals surface area contributed by atoms with Crippen molar-refractivity contribution < 1.29 is 9.53 Å². The van der Waals surface area contributed by atoms with Crippen LogP contribution in [0, 0.1) is 6.92 Å². The molecule has 0 atom stereocenters. The fraction of sp³-hybridized carbons (Fsp3) is 0.333. The zero-order valence-electron chi connectivity index (χ0n) is 11.8. The van der Waals surface area contributed by atoms with Gasteiger partial charge in [-0.15, -0.1) is 0 Å². The van der Waals surface area contributed by atoms with Crippen molar-refractivity contribution in [1.29, 1.82) is 0 Å². The van der Waals surface area contributed by atoms with Crippen molar-refractivity contribution in [2.24, 2.45) is 0 Å². The van der Waals surface area contributed by atoms with Crippen molar-refractivity contribution >= 4 is 11.7 Å². The highest BCUT2D eigenvalue weighted by Gasteiger charge is 2.09. The number of methoxy groups -OCH3 is 1. The number of aryl methyl sites for hydroxylation is 2. The molecule has 0 aliphatic carbocycles. The zero-order valence-corrected chi connectivity index (χ0v) is 11.8. The zero-order chi connectivity index (χ0) is 14.4. The summed E-state index contributed by atoms with van der Waals surface area (Å²) < 4.78 is 7.24. The van der Waals surface area contributed by atoms with E-state index in [-0.39, 0.29) is 5.91 Å². The second-order valence-electron chi connectivity index (χ2n) is 4.58. The maximum absolute atomic E-state index is 11.9. The van der Waals surface area contributed by atoms with E-state index in [4.69, 9.17) is 4.74 Å². The van der Waals surface area contributed by atoms with E-state index < -0.39 is 0 Å². The quantitative estimate of drug-likeness (QED) is 0.880. The molecule has 0 unspecified atom stereocenters. The van der Waals surface area contributed by atoms with Gasteiger partial charge < -0.3 is 14.6 Å². The Morgan fingerprint density at radius 2 is 2.10 bits per heavy atom. The van der Waals surface area contributed by atoms with E-state index in [0.29, 0.717) is 18.0 Å². The van der Waals surface area contributed by atoms with E-state index in [9.17, 15) is 4.79 Å². The minimum Gasteiger partial charge on any atom is -0.493 e. The second-order valence-corrected chi connectivity index (χ2v) is 4.58. The number of hydrogen-bond acceptors (Lipinski definition) is 3. The molecule has 1 amide bonds. The summed E-state index contributed by atoms with van der Waals surface area (Å²) in [5.41, 5.74) is 0.841. The predicted octanol–water partition coefficient (Wildman–Crippen LogP) is 2.62. The SMILES string of the molecule is COc1ccc(C)nc1NC(=O)CCCn1cccc1. The summed E-state index contributed by atoms with van der Waals surface area (Å²) in [6.07, 6.45) is 5.22. The maximum Gasteiger partial charge on any atom is 0.225 e. The molecule has 0 aliphatic rings. The summed E-state index contributed by atoms with van der Waals surface area (Å²) in [6.45, 7) is 2.71. The second kappa shape index (κ2) is 6.75. The fourth-order valence-electron chi connectivity index (χ4n) is 1.93. The monoisotopic (exact) mass is 273 g/mol. The van der Waals surface area contributed by atoms with E-state index >= 15 is 0 Å². The van der Waals surface area contributed by atoms with Gasteiger partial charge in [0.1, 0.15) is 0 Å².